The van der Waals surface area contributed by atoms with Crippen LogP contribution in [0.5, 0.6) is 0 Å². The first-order chi connectivity index (χ1) is 13.9. The summed E-state index contributed by atoms with van der Waals surface area (Å²) >= 11 is 0. The predicted octanol–water partition coefficient (Wildman–Crippen LogP) is 0.768. The van der Waals surface area contributed by atoms with Gasteiger partial charge in [-0.25, -0.2) is 0 Å². The van der Waals surface area contributed by atoms with Gasteiger partial charge in [0.15, 0.2) is 5.82 Å². The average molecular weight is 398 g/mol. The van der Waals surface area contributed by atoms with E-state index in [2.05, 4.69) is 27.3 Å². The lowest BCUT2D eigenvalue weighted by Crippen LogP contribution is -2.42. The molecule has 0 unspecified atom stereocenters. The van der Waals surface area contributed by atoms with Crippen molar-refractivity contribution < 1.29 is 14.7 Å². The molecule has 0 aliphatic carbocycles. The summed E-state index contributed by atoms with van der Waals surface area (Å²) in [6, 6.07) is 7.54. The monoisotopic (exact) mass is 398 g/mol. The van der Waals surface area contributed by atoms with Gasteiger partial charge in [-0.05, 0) is 48.0 Å². The smallest absolute Gasteiger partial charge is 0.313 e. The highest BCUT2D eigenvalue weighted by molar-refractivity contribution is 5.83. The number of tetrazole rings is 1. The number of aliphatic carboxylic acids is 1. The van der Waals surface area contributed by atoms with Crippen LogP contribution in [0.15, 0.2) is 24.3 Å². The number of amides is 1. The van der Waals surface area contributed by atoms with Crippen LogP contribution in [0.3, 0.4) is 0 Å². The van der Waals surface area contributed by atoms with Gasteiger partial charge in [-0.2, -0.15) is 4.68 Å². The van der Waals surface area contributed by atoms with Gasteiger partial charge in [0.2, 0.25) is 5.91 Å². The topological polar surface area (TPSA) is 104 Å². The van der Waals surface area contributed by atoms with E-state index in [4.69, 9.17) is 0 Å². The van der Waals surface area contributed by atoms with Crippen molar-refractivity contribution in [1.29, 1.82) is 0 Å². The molecule has 0 bridgehead atoms. The lowest BCUT2D eigenvalue weighted by molar-refractivity contribution is -0.149. The number of nitrogens with zero attached hydrogens (tertiary/aromatic N) is 6. The Morgan fingerprint density at radius 1 is 1.21 bits per heavy atom. The molecule has 2 aliphatic heterocycles. The third-order valence-corrected chi connectivity index (χ3v) is 6.16. The number of carboxylic acid groups (broad SMARTS) is 1. The summed E-state index contributed by atoms with van der Waals surface area (Å²) < 4.78 is 1.63. The van der Waals surface area contributed by atoms with Gasteiger partial charge in [0, 0.05) is 32.1 Å². The third kappa shape index (κ3) is 3.50. The molecule has 29 heavy (non-hydrogen) atoms. The SMILES string of the molecule is CCCN1C[C@@H]2CN(C(=O)Cc3ccc(-n4nnnc4C)cc3)C[C@]2(C(=O)O)C1. The van der Waals surface area contributed by atoms with Crippen molar-refractivity contribution in [2.24, 2.45) is 11.3 Å². The standard InChI is InChI=1S/C20H26N6O3/c1-3-8-24-10-16-11-25(13-20(16,12-24)19(28)29)18(27)9-15-4-6-17(7-5-15)26-14(2)21-22-23-26/h4-7,16H,3,8-13H2,1-2H3,(H,28,29)/t16-,20-/m1/s1. The Balaban J connectivity index is 1.42. The quantitative estimate of drug-likeness (QED) is 0.766. The molecule has 2 aliphatic rings. The summed E-state index contributed by atoms with van der Waals surface area (Å²) in [5.41, 5.74) is 0.894. The molecule has 1 amide bonds. The Hall–Kier alpha value is -2.81. The molecule has 154 valence electrons. The predicted molar refractivity (Wildman–Crippen MR) is 104 cm³/mol. The number of carbonyl (C=O) groups is 2. The summed E-state index contributed by atoms with van der Waals surface area (Å²) in [6.45, 7) is 6.94. The van der Waals surface area contributed by atoms with Crippen molar-refractivity contribution in [1.82, 2.24) is 30.0 Å². The third-order valence-electron chi connectivity index (χ3n) is 6.16. The van der Waals surface area contributed by atoms with Crippen molar-refractivity contribution >= 4 is 11.9 Å². The number of rotatable bonds is 6. The molecule has 1 aromatic heterocycles. The van der Waals surface area contributed by atoms with Crippen LogP contribution in [0.1, 0.15) is 24.7 Å². The number of aryl methyl sites for hydroxylation is 1. The molecule has 9 heteroatoms. The van der Waals surface area contributed by atoms with Crippen molar-refractivity contribution in [3.05, 3.63) is 35.7 Å². The maximum Gasteiger partial charge on any atom is 0.313 e. The first-order valence-electron chi connectivity index (χ1n) is 10.0. The molecule has 0 saturated carbocycles. The van der Waals surface area contributed by atoms with Crippen molar-refractivity contribution in [2.45, 2.75) is 26.7 Å². The maximum absolute atomic E-state index is 12.9. The number of hydrogen-bond acceptors (Lipinski definition) is 6. The van der Waals surface area contributed by atoms with Crippen LogP contribution in [0.25, 0.3) is 5.69 Å². The zero-order valence-electron chi connectivity index (χ0n) is 16.8. The summed E-state index contributed by atoms with van der Waals surface area (Å²) in [5.74, 6) is -0.111. The number of hydrogen-bond donors (Lipinski definition) is 1. The van der Waals surface area contributed by atoms with Crippen molar-refractivity contribution in [3.8, 4) is 5.69 Å². The summed E-state index contributed by atoms with van der Waals surface area (Å²) in [6.07, 6.45) is 1.27. The van der Waals surface area contributed by atoms with Crippen LogP contribution in [0.2, 0.25) is 0 Å². The molecule has 2 aromatic rings. The van der Waals surface area contributed by atoms with Gasteiger partial charge in [0.05, 0.1) is 12.1 Å². The minimum Gasteiger partial charge on any atom is -0.481 e. The van der Waals surface area contributed by atoms with Crippen LogP contribution in [0.4, 0.5) is 0 Å². The highest BCUT2D eigenvalue weighted by Crippen LogP contribution is 2.43. The van der Waals surface area contributed by atoms with E-state index in [1.54, 1.807) is 9.58 Å². The second-order valence-electron chi connectivity index (χ2n) is 8.15. The minimum atomic E-state index is -0.827. The van der Waals surface area contributed by atoms with E-state index in [0.717, 1.165) is 30.8 Å². The fourth-order valence-electron chi connectivity index (χ4n) is 4.66. The molecule has 0 radical (unpaired) electrons. The molecule has 0 spiro atoms. The largest absolute Gasteiger partial charge is 0.481 e. The highest BCUT2D eigenvalue weighted by atomic mass is 16.4. The summed E-state index contributed by atoms with van der Waals surface area (Å²) in [5, 5.41) is 21.4. The Morgan fingerprint density at radius 3 is 2.55 bits per heavy atom. The Kier molecular flexibility index (Phi) is 5.08. The molecule has 1 aromatic carbocycles. The second kappa shape index (κ2) is 7.55. The van der Waals surface area contributed by atoms with Crippen LogP contribution < -0.4 is 0 Å². The van der Waals surface area contributed by atoms with Crippen LogP contribution in [-0.4, -0.2) is 79.7 Å². The van der Waals surface area contributed by atoms with E-state index in [1.165, 1.54) is 0 Å². The van der Waals surface area contributed by atoms with Gasteiger partial charge in [0.25, 0.3) is 0 Å². The number of carboxylic acids is 1. The second-order valence-corrected chi connectivity index (χ2v) is 8.15. The fourth-order valence-corrected chi connectivity index (χ4v) is 4.66. The molecule has 4 rings (SSSR count). The van der Waals surface area contributed by atoms with Gasteiger partial charge >= 0.3 is 5.97 Å². The van der Waals surface area contributed by atoms with Crippen LogP contribution in [0, 0.1) is 18.3 Å². The number of fused-ring (bicyclic) bond motifs is 1. The molecule has 2 saturated heterocycles. The first-order valence-corrected chi connectivity index (χ1v) is 10.0. The Bertz CT molecular complexity index is 911. The fraction of sp³-hybridized carbons (Fsp3) is 0.550. The zero-order valence-corrected chi connectivity index (χ0v) is 16.8. The van der Waals surface area contributed by atoms with Gasteiger partial charge in [0.1, 0.15) is 5.41 Å². The van der Waals surface area contributed by atoms with Crippen LogP contribution in [-0.2, 0) is 16.0 Å². The number of benzene rings is 1. The number of aromatic nitrogens is 4. The van der Waals surface area contributed by atoms with E-state index >= 15 is 0 Å². The Labute approximate surface area is 169 Å². The summed E-state index contributed by atoms with van der Waals surface area (Å²) in [4.78, 5) is 28.9. The average Bonchev–Trinajstić information content (AvgIpc) is 3.35. The van der Waals surface area contributed by atoms with Gasteiger partial charge in [-0.15, -0.1) is 5.10 Å². The van der Waals surface area contributed by atoms with E-state index in [-0.39, 0.29) is 18.2 Å². The summed E-state index contributed by atoms with van der Waals surface area (Å²) in [7, 11) is 0. The lowest BCUT2D eigenvalue weighted by Gasteiger charge is -2.25. The van der Waals surface area contributed by atoms with Crippen LogP contribution >= 0.6 is 0 Å². The number of likely N-dealkylation sites (tertiary alicyclic amines) is 2. The number of carbonyl (C=O) groups excluding carboxylic acids is 1. The van der Waals surface area contributed by atoms with E-state index in [0.29, 0.717) is 25.5 Å². The van der Waals surface area contributed by atoms with E-state index in [9.17, 15) is 14.7 Å². The molecular weight excluding hydrogens is 372 g/mol. The minimum absolute atomic E-state index is 0.000617. The van der Waals surface area contributed by atoms with Gasteiger partial charge < -0.3 is 14.9 Å². The molecule has 2 fully saturated rings. The first kappa shape index (κ1) is 19.5. The van der Waals surface area contributed by atoms with Crippen molar-refractivity contribution in [3.63, 3.8) is 0 Å². The van der Waals surface area contributed by atoms with Gasteiger partial charge in [-0.3, -0.25) is 9.59 Å². The molecule has 3 heterocycles. The molecular formula is C20H26N6O3. The lowest BCUT2D eigenvalue weighted by atomic mass is 9.81. The van der Waals surface area contributed by atoms with Crippen molar-refractivity contribution in [2.75, 3.05) is 32.7 Å². The van der Waals surface area contributed by atoms with E-state index in [1.807, 2.05) is 31.2 Å². The molecule has 1 N–H and O–H groups in total. The molecule has 9 nitrogen and oxygen atoms in total. The molecule has 2 atom stereocenters. The normalized spacial score (nSPS) is 24.1. The van der Waals surface area contributed by atoms with E-state index < -0.39 is 11.4 Å². The maximum atomic E-state index is 12.9. The van der Waals surface area contributed by atoms with Gasteiger partial charge in [-0.1, -0.05) is 19.1 Å². The Morgan fingerprint density at radius 2 is 1.97 bits per heavy atom. The highest BCUT2D eigenvalue weighted by Gasteiger charge is 2.58. The zero-order chi connectivity index (χ0) is 20.6.